The van der Waals surface area contributed by atoms with E-state index in [1.54, 1.807) is 7.05 Å². The largest absolute Gasteiger partial charge is 0.354 e. The smallest absolute Gasteiger partial charge is 0.271 e. The van der Waals surface area contributed by atoms with E-state index in [0.29, 0.717) is 17.5 Å². The summed E-state index contributed by atoms with van der Waals surface area (Å²) in [7, 11) is 1.62. The summed E-state index contributed by atoms with van der Waals surface area (Å²) in [6.45, 7) is 17.4. The first-order valence-electron chi connectivity index (χ1n) is 7.75. The van der Waals surface area contributed by atoms with E-state index in [0.717, 1.165) is 12.2 Å². The number of rotatable bonds is 4. The van der Waals surface area contributed by atoms with Crippen molar-refractivity contribution in [3.63, 3.8) is 0 Å². The summed E-state index contributed by atoms with van der Waals surface area (Å²) < 4.78 is 1.94. The zero-order chi connectivity index (χ0) is 16.3. The molecule has 1 heterocycles. The summed E-state index contributed by atoms with van der Waals surface area (Å²) in [4.78, 5) is 11.5. The van der Waals surface area contributed by atoms with E-state index >= 15 is 0 Å². The number of carbonyl (C=O) groups excluding carboxylic acids is 1. The van der Waals surface area contributed by atoms with Crippen molar-refractivity contribution in [2.24, 2.45) is 5.92 Å². The van der Waals surface area contributed by atoms with E-state index in [4.69, 9.17) is 0 Å². The van der Waals surface area contributed by atoms with Gasteiger partial charge in [-0.3, -0.25) is 9.48 Å². The molecule has 0 aliphatic heterocycles. The van der Waals surface area contributed by atoms with Crippen LogP contribution in [0.5, 0.6) is 0 Å². The lowest BCUT2D eigenvalue weighted by Gasteiger charge is -2.11. The number of hydrogen-bond donors (Lipinski definition) is 1. The van der Waals surface area contributed by atoms with Crippen molar-refractivity contribution in [1.29, 1.82) is 0 Å². The van der Waals surface area contributed by atoms with Crippen LogP contribution in [-0.4, -0.2) is 22.7 Å². The minimum Gasteiger partial charge on any atom is -0.354 e. The molecule has 1 aromatic rings. The molecule has 20 heavy (non-hydrogen) atoms. The van der Waals surface area contributed by atoms with E-state index in [-0.39, 0.29) is 5.91 Å². The van der Waals surface area contributed by atoms with Gasteiger partial charge in [0.2, 0.25) is 0 Å². The van der Waals surface area contributed by atoms with Crippen molar-refractivity contribution in [3.05, 3.63) is 17.5 Å². The van der Waals surface area contributed by atoms with Gasteiger partial charge in [0.1, 0.15) is 5.69 Å². The molecule has 1 aromatic heterocycles. The predicted molar refractivity (Wildman–Crippen MR) is 87.2 cm³/mol. The fourth-order valence-corrected chi connectivity index (χ4v) is 1.63. The SMILES string of the molecule is CC.CC.CNC(=O)c1cc(C(C)C)n(CC(C)C)n1. The molecule has 0 radical (unpaired) electrons. The summed E-state index contributed by atoms with van der Waals surface area (Å²) in [5.41, 5.74) is 1.62. The normalized spacial score (nSPS) is 9.55. The minimum atomic E-state index is -0.121. The number of amides is 1. The van der Waals surface area contributed by atoms with Crippen LogP contribution in [0.1, 0.15) is 77.5 Å². The Morgan fingerprint density at radius 1 is 1.20 bits per heavy atom. The molecular weight excluding hydrogens is 250 g/mol. The second kappa shape index (κ2) is 11.5. The van der Waals surface area contributed by atoms with Crippen molar-refractivity contribution in [2.45, 2.75) is 67.9 Å². The lowest BCUT2D eigenvalue weighted by molar-refractivity contribution is 0.0957. The summed E-state index contributed by atoms with van der Waals surface area (Å²) in [6, 6.07) is 1.88. The summed E-state index contributed by atoms with van der Waals surface area (Å²) in [5, 5.41) is 6.95. The maximum absolute atomic E-state index is 11.5. The van der Waals surface area contributed by atoms with Gasteiger partial charge in [0, 0.05) is 19.3 Å². The maximum Gasteiger partial charge on any atom is 0.271 e. The number of aromatic nitrogens is 2. The van der Waals surface area contributed by atoms with E-state index in [1.165, 1.54) is 0 Å². The Kier molecular flexibility index (Phi) is 12.1. The highest BCUT2D eigenvalue weighted by molar-refractivity contribution is 5.92. The molecule has 4 heteroatoms. The van der Waals surface area contributed by atoms with Gasteiger partial charge in [-0.2, -0.15) is 5.10 Å². The van der Waals surface area contributed by atoms with Crippen LogP contribution in [0.4, 0.5) is 0 Å². The number of carbonyl (C=O) groups is 1. The molecule has 0 unspecified atom stereocenters. The average Bonchev–Trinajstić information content (AvgIpc) is 2.85. The Hall–Kier alpha value is -1.32. The van der Waals surface area contributed by atoms with Gasteiger partial charge in [-0.05, 0) is 17.9 Å². The molecule has 1 rings (SSSR count). The zero-order valence-corrected chi connectivity index (χ0v) is 14.7. The first-order valence-corrected chi connectivity index (χ1v) is 7.75. The summed E-state index contributed by atoms with van der Waals surface area (Å²) in [5.74, 6) is 0.781. The highest BCUT2D eigenvalue weighted by Crippen LogP contribution is 2.17. The average molecular weight is 283 g/mol. The highest BCUT2D eigenvalue weighted by Gasteiger charge is 2.15. The first-order chi connectivity index (χ1) is 9.45. The third-order valence-corrected chi connectivity index (χ3v) is 2.40. The van der Waals surface area contributed by atoms with Crippen molar-refractivity contribution < 1.29 is 4.79 Å². The van der Waals surface area contributed by atoms with E-state index in [9.17, 15) is 4.79 Å². The fraction of sp³-hybridized carbons (Fsp3) is 0.750. The van der Waals surface area contributed by atoms with Crippen LogP contribution in [0, 0.1) is 5.92 Å². The monoisotopic (exact) mass is 283 g/mol. The maximum atomic E-state index is 11.5. The summed E-state index contributed by atoms with van der Waals surface area (Å²) >= 11 is 0. The van der Waals surface area contributed by atoms with Crippen LogP contribution < -0.4 is 5.32 Å². The topological polar surface area (TPSA) is 46.9 Å². The van der Waals surface area contributed by atoms with E-state index in [2.05, 4.69) is 38.1 Å². The second-order valence-corrected chi connectivity index (χ2v) is 4.76. The minimum absolute atomic E-state index is 0.121. The molecule has 0 spiro atoms. The van der Waals surface area contributed by atoms with Gasteiger partial charge in [0.15, 0.2) is 0 Å². The summed E-state index contributed by atoms with van der Waals surface area (Å²) in [6.07, 6.45) is 0. The molecule has 0 bridgehead atoms. The Balaban J connectivity index is 0. The van der Waals surface area contributed by atoms with Gasteiger partial charge in [0.25, 0.3) is 5.91 Å². The quantitative estimate of drug-likeness (QED) is 0.905. The van der Waals surface area contributed by atoms with Crippen molar-refractivity contribution in [3.8, 4) is 0 Å². The van der Waals surface area contributed by atoms with Gasteiger partial charge < -0.3 is 5.32 Å². The zero-order valence-electron chi connectivity index (χ0n) is 14.7. The van der Waals surface area contributed by atoms with Crippen molar-refractivity contribution in [2.75, 3.05) is 7.05 Å². The molecule has 0 saturated heterocycles. The fourth-order valence-electron chi connectivity index (χ4n) is 1.63. The van der Waals surface area contributed by atoms with Crippen LogP contribution in [0.3, 0.4) is 0 Å². The third-order valence-electron chi connectivity index (χ3n) is 2.40. The predicted octanol–water partition coefficient (Wildman–Crippen LogP) is 4.07. The molecule has 1 amide bonds. The molecule has 4 nitrogen and oxygen atoms in total. The van der Waals surface area contributed by atoms with Crippen LogP contribution in [-0.2, 0) is 6.54 Å². The Bertz CT molecular complexity index is 368. The standard InChI is InChI=1S/C12H21N3O.2C2H6/c1-8(2)7-15-11(9(3)4)6-10(14-15)12(16)13-5;2*1-2/h6,8-9H,7H2,1-5H3,(H,13,16);2*1-2H3. The van der Waals surface area contributed by atoms with E-state index < -0.39 is 0 Å². The number of hydrogen-bond acceptors (Lipinski definition) is 2. The second-order valence-electron chi connectivity index (χ2n) is 4.76. The van der Waals surface area contributed by atoms with Crippen LogP contribution in [0.15, 0.2) is 6.07 Å². The molecule has 0 saturated carbocycles. The van der Waals surface area contributed by atoms with Gasteiger partial charge in [-0.25, -0.2) is 0 Å². The van der Waals surface area contributed by atoms with Gasteiger partial charge in [-0.15, -0.1) is 0 Å². The number of nitrogens with one attached hydrogen (secondary N) is 1. The van der Waals surface area contributed by atoms with Crippen molar-refractivity contribution in [1.82, 2.24) is 15.1 Å². The van der Waals surface area contributed by atoms with Crippen LogP contribution in [0.25, 0.3) is 0 Å². The molecule has 1 N–H and O–H groups in total. The Morgan fingerprint density at radius 2 is 1.70 bits per heavy atom. The van der Waals surface area contributed by atoms with Gasteiger partial charge in [0.05, 0.1) is 0 Å². The molecule has 0 atom stereocenters. The van der Waals surface area contributed by atoms with Gasteiger partial charge >= 0.3 is 0 Å². The Morgan fingerprint density at radius 3 is 2.05 bits per heavy atom. The van der Waals surface area contributed by atoms with Crippen molar-refractivity contribution >= 4 is 5.91 Å². The molecule has 0 fully saturated rings. The van der Waals surface area contributed by atoms with Gasteiger partial charge in [-0.1, -0.05) is 55.4 Å². The third kappa shape index (κ3) is 6.73. The highest BCUT2D eigenvalue weighted by atomic mass is 16.1. The van der Waals surface area contributed by atoms with Crippen LogP contribution in [0.2, 0.25) is 0 Å². The molecular formula is C16H33N3O. The molecule has 0 aromatic carbocycles. The lowest BCUT2D eigenvalue weighted by atomic mass is 10.1. The molecule has 0 aliphatic carbocycles. The number of nitrogens with zero attached hydrogens (tertiary/aromatic N) is 2. The first kappa shape index (κ1) is 21.0. The van der Waals surface area contributed by atoms with E-state index in [1.807, 2.05) is 38.4 Å². The van der Waals surface area contributed by atoms with Crippen LogP contribution >= 0.6 is 0 Å². The molecule has 118 valence electrons. The molecule has 0 aliphatic rings. The Labute approximate surface area is 125 Å². The lowest BCUT2D eigenvalue weighted by Crippen LogP contribution is -2.19.